The van der Waals surface area contributed by atoms with Gasteiger partial charge in [0.1, 0.15) is 0 Å². The number of nitrogens with zero attached hydrogens (tertiary/aromatic N) is 5. The summed E-state index contributed by atoms with van der Waals surface area (Å²) in [7, 11) is 0. The van der Waals surface area contributed by atoms with Crippen LogP contribution >= 0.6 is 11.3 Å². The number of amides is 1. The normalized spacial score (nSPS) is 14.1. The van der Waals surface area contributed by atoms with E-state index in [-0.39, 0.29) is 17.2 Å². The van der Waals surface area contributed by atoms with Crippen molar-refractivity contribution in [3.8, 4) is 5.69 Å². The van der Waals surface area contributed by atoms with E-state index >= 15 is 0 Å². The number of thiophene rings is 1. The maximum atomic E-state index is 13.5. The Kier molecular flexibility index (Phi) is 5.33. The lowest BCUT2D eigenvalue weighted by Crippen LogP contribution is -2.49. The Balaban J connectivity index is 1.47. The number of piperazine rings is 1. The van der Waals surface area contributed by atoms with E-state index in [9.17, 15) is 9.59 Å². The highest BCUT2D eigenvalue weighted by atomic mass is 32.1. The smallest absolute Gasteiger partial charge is 0.282 e. The minimum Gasteiger partial charge on any atom is -0.390 e. The van der Waals surface area contributed by atoms with E-state index in [1.165, 1.54) is 16.0 Å². The van der Waals surface area contributed by atoms with Gasteiger partial charge >= 0.3 is 0 Å². The molecule has 1 aliphatic rings. The molecule has 8 nitrogen and oxygen atoms in total. The fourth-order valence-corrected chi connectivity index (χ4v) is 4.85. The van der Waals surface area contributed by atoms with Gasteiger partial charge in [0.2, 0.25) is 0 Å². The highest BCUT2D eigenvalue weighted by Crippen LogP contribution is 2.28. The average molecular weight is 461 g/mol. The quantitative estimate of drug-likeness (QED) is 0.505. The first-order valence-electron chi connectivity index (χ1n) is 10.8. The van der Waals surface area contributed by atoms with Crippen LogP contribution in [-0.2, 0) is 0 Å². The molecule has 1 aliphatic heterocycles. The van der Waals surface area contributed by atoms with Crippen LogP contribution in [0.4, 0.5) is 10.7 Å². The van der Waals surface area contributed by atoms with Gasteiger partial charge < -0.3 is 15.5 Å². The highest BCUT2D eigenvalue weighted by molar-refractivity contribution is 7.15. The minimum absolute atomic E-state index is 0.194. The largest absolute Gasteiger partial charge is 0.390 e. The van der Waals surface area contributed by atoms with Gasteiger partial charge in [-0.1, -0.05) is 17.7 Å². The lowest BCUT2D eigenvalue weighted by Gasteiger charge is -2.35. The first kappa shape index (κ1) is 21.1. The molecular weight excluding hydrogens is 436 g/mol. The zero-order chi connectivity index (χ0) is 23.1. The summed E-state index contributed by atoms with van der Waals surface area (Å²) in [5, 5.41) is 7.52. The summed E-state index contributed by atoms with van der Waals surface area (Å²) in [4.78, 5) is 35.1. The lowest BCUT2D eigenvalue weighted by molar-refractivity contribution is 0.0741. The van der Waals surface area contributed by atoms with Crippen LogP contribution < -0.4 is 16.2 Å². The molecule has 33 heavy (non-hydrogen) atoms. The van der Waals surface area contributed by atoms with E-state index in [0.29, 0.717) is 47.6 Å². The molecular formula is C24H24N6O2S. The molecule has 2 N–H and O–H groups in total. The second-order valence-corrected chi connectivity index (χ2v) is 9.14. The topological polar surface area (TPSA) is 97.3 Å². The maximum absolute atomic E-state index is 13.5. The first-order chi connectivity index (χ1) is 15.9. The van der Waals surface area contributed by atoms with E-state index in [4.69, 9.17) is 5.73 Å². The Bertz CT molecular complexity index is 1380. The van der Waals surface area contributed by atoms with Gasteiger partial charge in [0.15, 0.2) is 5.69 Å². The number of pyridine rings is 1. The van der Waals surface area contributed by atoms with Gasteiger partial charge in [-0.15, -0.1) is 11.3 Å². The van der Waals surface area contributed by atoms with Crippen LogP contribution in [0, 0.1) is 13.8 Å². The van der Waals surface area contributed by atoms with Gasteiger partial charge in [0, 0.05) is 42.6 Å². The van der Waals surface area contributed by atoms with Gasteiger partial charge in [0.25, 0.3) is 11.5 Å². The summed E-state index contributed by atoms with van der Waals surface area (Å²) in [6, 6.07) is 11.5. The highest BCUT2D eigenvalue weighted by Gasteiger charge is 2.27. The molecule has 1 aromatic carbocycles. The number of aromatic nitrogens is 3. The van der Waals surface area contributed by atoms with E-state index in [1.54, 1.807) is 10.3 Å². The third-order valence-corrected chi connectivity index (χ3v) is 6.80. The van der Waals surface area contributed by atoms with Crippen LogP contribution in [0.2, 0.25) is 0 Å². The Labute approximate surface area is 194 Å². The van der Waals surface area contributed by atoms with Crippen molar-refractivity contribution in [1.29, 1.82) is 0 Å². The molecule has 4 heterocycles. The summed E-state index contributed by atoms with van der Waals surface area (Å²) in [5.41, 5.74) is 9.76. The number of carbonyl (C=O) groups is 1. The van der Waals surface area contributed by atoms with Crippen LogP contribution in [0.5, 0.6) is 0 Å². The second kappa shape index (κ2) is 8.32. The molecule has 9 heteroatoms. The van der Waals surface area contributed by atoms with Gasteiger partial charge in [-0.3, -0.25) is 14.6 Å². The molecule has 0 spiro atoms. The van der Waals surface area contributed by atoms with E-state index < -0.39 is 0 Å². The van der Waals surface area contributed by atoms with E-state index in [0.717, 1.165) is 16.9 Å². The molecule has 0 bridgehead atoms. The molecule has 0 radical (unpaired) electrons. The van der Waals surface area contributed by atoms with Gasteiger partial charge in [0.05, 0.1) is 28.0 Å². The predicted molar refractivity (Wildman–Crippen MR) is 131 cm³/mol. The molecule has 168 valence electrons. The number of benzene rings is 1. The Hall–Kier alpha value is -3.72. The molecule has 3 aromatic heterocycles. The molecule has 0 atom stereocenters. The van der Waals surface area contributed by atoms with E-state index in [1.807, 2.05) is 50.4 Å². The third kappa shape index (κ3) is 3.84. The van der Waals surface area contributed by atoms with Crippen molar-refractivity contribution in [2.24, 2.45) is 0 Å². The lowest BCUT2D eigenvalue weighted by atomic mass is 10.1. The maximum Gasteiger partial charge on any atom is 0.282 e. The molecule has 4 aromatic rings. The number of hydrogen-bond acceptors (Lipinski definition) is 7. The van der Waals surface area contributed by atoms with Crippen LogP contribution in [0.1, 0.15) is 21.7 Å². The Morgan fingerprint density at radius 1 is 1.00 bits per heavy atom. The number of nitrogen functional groups attached to an aromatic ring is 1. The standard InChI is InChI=1S/C24H24N6O2S/c1-15-3-6-17(7-4-15)30-23(31)20-19(14-33-22(20)25)21(27-30)24(32)29-11-9-28(10-12-29)18-8-5-16(2)26-13-18/h3-8,13-14H,9-12,25H2,1-2H3. The Morgan fingerprint density at radius 2 is 1.70 bits per heavy atom. The summed E-state index contributed by atoms with van der Waals surface area (Å²) >= 11 is 1.25. The minimum atomic E-state index is -0.319. The van der Waals surface area contributed by atoms with Crippen molar-refractivity contribution in [1.82, 2.24) is 19.7 Å². The number of fused-ring (bicyclic) bond motifs is 1. The van der Waals surface area contributed by atoms with Crippen LogP contribution in [-0.4, -0.2) is 51.8 Å². The summed E-state index contributed by atoms with van der Waals surface area (Å²) in [6.45, 7) is 6.44. The summed E-state index contributed by atoms with van der Waals surface area (Å²) < 4.78 is 1.28. The fraction of sp³-hybridized carbons (Fsp3) is 0.250. The number of anilines is 2. The average Bonchev–Trinajstić information content (AvgIpc) is 3.22. The number of rotatable bonds is 3. The summed E-state index contributed by atoms with van der Waals surface area (Å²) in [6.07, 6.45) is 1.86. The first-order valence-corrected chi connectivity index (χ1v) is 11.6. The van der Waals surface area contributed by atoms with Crippen molar-refractivity contribution < 1.29 is 4.79 Å². The Morgan fingerprint density at radius 3 is 2.36 bits per heavy atom. The third-order valence-electron chi connectivity index (χ3n) is 5.99. The van der Waals surface area contributed by atoms with Crippen LogP contribution in [0.25, 0.3) is 16.5 Å². The summed E-state index contributed by atoms with van der Waals surface area (Å²) in [5.74, 6) is -0.194. The zero-order valence-electron chi connectivity index (χ0n) is 18.5. The van der Waals surface area contributed by atoms with Crippen molar-refractivity contribution in [3.05, 3.63) is 75.3 Å². The van der Waals surface area contributed by atoms with Crippen molar-refractivity contribution in [3.63, 3.8) is 0 Å². The van der Waals surface area contributed by atoms with Gasteiger partial charge in [-0.05, 0) is 38.1 Å². The number of aryl methyl sites for hydroxylation is 2. The molecule has 0 aliphatic carbocycles. The predicted octanol–water partition coefficient (Wildman–Crippen LogP) is 3.00. The van der Waals surface area contributed by atoms with Crippen molar-refractivity contribution >= 4 is 38.7 Å². The van der Waals surface area contributed by atoms with Crippen LogP contribution in [0.15, 0.2) is 52.8 Å². The van der Waals surface area contributed by atoms with E-state index in [2.05, 4.69) is 21.0 Å². The van der Waals surface area contributed by atoms with Gasteiger partial charge in [-0.2, -0.15) is 9.78 Å². The second-order valence-electron chi connectivity index (χ2n) is 8.23. The zero-order valence-corrected chi connectivity index (χ0v) is 19.3. The number of nitrogens with two attached hydrogens (primary N) is 1. The monoisotopic (exact) mass is 460 g/mol. The SMILES string of the molecule is Cc1ccc(-n2nc(C(=O)N3CCN(c4ccc(C)nc4)CC3)c3csc(N)c3c2=O)cc1. The molecule has 1 amide bonds. The number of carbonyl (C=O) groups excluding carboxylic acids is 1. The molecule has 1 saturated heterocycles. The molecule has 0 saturated carbocycles. The molecule has 1 fully saturated rings. The molecule has 5 rings (SSSR count). The van der Waals surface area contributed by atoms with Gasteiger partial charge in [-0.25, -0.2) is 0 Å². The molecule has 0 unspecified atom stereocenters. The van der Waals surface area contributed by atoms with Crippen LogP contribution in [0.3, 0.4) is 0 Å². The fourth-order valence-electron chi connectivity index (χ4n) is 4.06. The number of hydrogen-bond donors (Lipinski definition) is 1. The van der Waals surface area contributed by atoms with Crippen molar-refractivity contribution in [2.45, 2.75) is 13.8 Å². The van der Waals surface area contributed by atoms with Crippen molar-refractivity contribution in [2.75, 3.05) is 36.8 Å².